The summed E-state index contributed by atoms with van der Waals surface area (Å²) in [5, 5.41) is 0. The molecule has 0 spiro atoms. The predicted octanol–water partition coefficient (Wildman–Crippen LogP) is 4.86. The maximum absolute atomic E-state index is 6.23. The molecule has 4 rings (SSSR count). The van der Waals surface area contributed by atoms with Crippen molar-refractivity contribution in [2.45, 2.75) is 44.6 Å². The SMILES string of the molecule is COc1ccc2c(c1)OC(C)(C)C[C@@H]2c1ccc(OCCN2CCCC2)cc1. The second-order valence-corrected chi connectivity index (χ2v) is 8.49. The smallest absolute Gasteiger partial charge is 0.127 e. The van der Waals surface area contributed by atoms with Gasteiger partial charge in [-0.2, -0.15) is 0 Å². The Bertz CT molecular complexity index is 794. The first-order chi connectivity index (χ1) is 13.5. The predicted molar refractivity (Wildman–Crippen MR) is 112 cm³/mol. The molecule has 0 amide bonds. The highest BCUT2D eigenvalue weighted by atomic mass is 16.5. The van der Waals surface area contributed by atoms with E-state index in [0.717, 1.165) is 36.8 Å². The second kappa shape index (κ2) is 8.04. The topological polar surface area (TPSA) is 30.9 Å². The summed E-state index contributed by atoms with van der Waals surface area (Å²) in [7, 11) is 1.69. The van der Waals surface area contributed by atoms with Gasteiger partial charge in [0.2, 0.25) is 0 Å². The van der Waals surface area contributed by atoms with Crippen molar-refractivity contribution < 1.29 is 14.2 Å². The maximum atomic E-state index is 6.23. The second-order valence-electron chi connectivity index (χ2n) is 8.49. The highest BCUT2D eigenvalue weighted by molar-refractivity contribution is 5.49. The van der Waals surface area contributed by atoms with E-state index < -0.39 is 0 Å². The molecule has 4 heteroatoms. The van der Waals surface area contributed by atoms with Crippen LogP contribution < -0.4 is 14.2 Å². The third-order valence-corrected chi connectivity index (χ3v) is 5.84. The molecule has 0 unspecified atom stereocenters. The molecule has 4 nitrogen and oxygen atoms in total. The van der Waals surface area contributed by atoms with Crippen molar-refractivity contribution in [3.63, 3.8) is 0 Å². The minimum absolute atomic E-state index is 0.213. The van der Waals surface area contributed by atoms with Crippen LogP contribution in [-0.4, -0.2) is 43.9 Å². The number of likely N-dealkylation sites (tertiary alicyclic amines) is 1. The maximum Gasteiger partial charge on any atom is 0.127 e. The van der Waals surface area contributed by atoms with Crippen molar-refractivity contribution in [1.29, 1.82) is 0 Å². The first-order valence-electron chi connectivity index (χ1n) is 10.4. The van der Waals surface area contributed by atoms with E-state index >= 15 is 0 Å². The fourth-order valence-electron chi connectivity index (χ4n) is 4.35. The number of rotatable bonds is 6. The lowest BCUT2D eigenvalue weighted by Gasteiger charge is -2.38. The van der Waals surface area contributed by atoms with Crippen LogP contribution in [0.25, 0.3) is 0 Å². The molecule has 0 aromatic heterocycles. The van der Waals surface area contributed by atoms with Crippen LogP contribution in [0.4, 0.5) is 0 Å². The van der Waals surface area contributed by atoms with E-state index in [2.05, 4.69) is 49.1 Å². The zero-order valence-corrected chi connectivity index (χ0v) is 17.2. The molecule has 1 fully saturated rings. The van der Waals surface area contributed by atoms with Crippen LogP contribution in [0.1, 0.15) is 50.2 Å². The number of nitrogens with zero attached hydrogens (tertiary/aromatic N) is 1. The van der Waals surface area contributed by atoms with Gasteiger partial charge >= 0.3 is 0 Å². The van der Waals surface area contributed by atoms with Crippen LogP contribution in [0.3, 0.4) is 0 Å². The Balaban J connectivity index is 1.47. The molecule has 2 aromatic carbocycles. The third-order valence-electron chi connectivity index (χ3n) is 5.84. The molecule has 0 radical (unpaired) electrons. The lowest BCUT2D eigenvalue weighted by Crippen LogP contribution is -2.35. The largest absolute Gasteiger partial charge is 0.497 e. The van der Waals surface area contributed by atoms with E-state index in [9.17, 15) is 0 Å². The summed E-state index contributed by atoms with van der Waals surface area (Å²) in [6.45, 7) is 8.51. The van der Waals surface area contributed by atoms with Gasteiger partial charge in [0.05, 0.1) is 7.11 Å². The fraction of sp³-hybridized carbons (Fsp3) is 0.500. The number of methoxy groups -OCH3 is 1. The molecule has 2 aromatic rings. The Hall–Kier alpha value is -2.20. The Morgan fingerprint density at radius 3 is 2.46 bits per heavy atom. The lowest BCUT2D eigenvalue weighted by atomic mass is 9.80. The molecule has 1 saturated heterocycles. The summed E-state index contributed by atoms with van der Waals surface area (Å²) < 4.78 is 17.6. The van der Waals surface area contributed by atoms with Crippen molar-refractivity contribution in [3.8, 4) is 17.2 Å². The standard InChI is InChI=1S/C24H31NO3/c1-24(2)17-22(21-11-10-20(26-3)16-23(21)28-24)18-6-8-19(9-7-18)27-15-14-25-12-4-5-13-25/h6-11,16,22H,4-5,12-15,17H2,1-3H3/t22-/m1/s1. The van der Waals surface area contributed by atoms with Crippen molar-refractivity contribution in [1.82, 2.24) is 4.90 Å². The van der Waals surface area contributed by atoms with Crippen LogP contribution in [0.15, 0.2) is 42.5 Å². The molecule has 1 atom stereocenters. The normalized spacial score (nSPS) is 21.0. The minimum atomic E-state index is -0.213. The monoisotopic (exact) mass is 381 g/mol. The molecule has 2 heterocycles. The number of hydrogen-bond donors (Lipinski definition) is 0. The van der Waals surface area contributed by atoms with Crippen LogP contribution in [0, 0.1) is 0 Å². The van der Waals surface area contributed by atoms with Gasteiger partial charge in [-0.25, -0.2) is 0 Å². The quantitative estimate of drug-likeness (QED) is 0.715. The number of benzene rings is 2. The summed E-state index contributed by atoms with van der Waals surface area (Å²) in [4.78, 5) is 2.48. The molecule has 0 N–H and O–H groups in total. The molecule has 0 saturated carbocycles. The van der Waals surface area contributed by atoms with E-state index in [0.29, 0.717) is 5.92 Å². The minimum Gasteiger partial charge on any atom is -0.497 e. The van der Waals surface area contributed by atoms with Crippen LogP contribution >= 0.6 is 0 Å². The molecule has 2 aliphatic rings. The Labute approximate surface area is 168 Å². The van der Waals surface area contributed by atoms with Crippen molar-refractivity contribution in [2.75, 3.05) is 33.4 Å². The van der Waals surface area contributed by atoms with E-state index in [1.807, 2.05) is 12.1 Å². The molecule has 28 heavy (non-hydrogen) atoms. The highest BCUT2D eigenvalue weighted by Gasteiger charge is 2.34. The highest BCUT2D eigenvalue weighted by Crippen LogP contribution is 2.45. The van der Waals surface area contributed by atoms with Gasteiger partial charge in [-0.05, 0) is 70.0 Å². The van der Waals surface area contributed by atoms with Crippen molar-refractivity contribution in [3.05, 3.63) is 53.6 Å². The first-order valence-corrected chi connectivity index (χ1v) is 10.4. The van der Waals surface area contributed by atoms with Gasteiger partial charge in [-0.15, -0.1) is 0 Å². The molecule has 150 valence electrons. The van der Waals surface area contributed by atoms with E-state index in [1.165, 1.54) is 37.1 Å². The lowest BCUT2D eigenvalue weighted by molar-refractivity contribution is 0.0771. The van der Waals surface area contributed by atoms with Crippen LogP contribution in [-0.2, 0) is 0 Å². The number of fused-ring (bicyclic) bond motifs is 1. The zero-order valence-electron chi connectivity index (χ0n) is 17.2. The van der Waals surface area contributed by atoms with Crippen molar-refractivity contribution in [2.24, 2.45) is 0 Å². The van der Waals surface area contributed by atoms with Gasteiger partial charge in [0.15, 0.2) is 0 Å². The molecule has 2 aliphatic heterocycles. The van der Waals surface area contributed by atoms with Crippen molar-refractivity contribution >= 4 is 0 Å². The molecular formula is C24H31NO3. The summed E-state index contributed by atoms with van der Waals surface area (Å²) in [5.41, 5.74) is 2.31. The first kappa shape index (κ1) is 19.1. The number of hydrogen-bond acceptors (Lipinski definition) is 4. The molecule has 0 bridgehead atoms. The summed E-state index contributed by atoms with van der Waals surface area (Å²) >= 11 is 0. The summed E-state index contributed by atoms with van der Waals surface area (Å²) in [5.74, 6) is 3.01. The summed E-state index contributed by atoms with van der Waals surface area (Å²) in [6, 6.07) is 14.8. The van der Waals surface area contributed by atoms with Gasteiger partial charge in [0.1, 0.15) is 29.5 Å². The number of ether oxygens (including phenoxy) is 3. The van der Waals surface area contributed by atoms with Gasteiger partial charge in [-0.1, -0.05) is 18.2 Å². The third kappa shape index (κ3) is 4.27. The van der Waals surface area contributed by atoms with Gasteiger partial charge in [0.25, 0.3) is 0 Å². The molecular weight excluding hydrogens is 350 g/mol. The zero-order chi connectivity index (χ0) is 19.6. The van der Waals surface area contributed by atoms with E-state index in [-0.39, 0.29) is 5.60 Å². The summed E-state index contributed by atoms with van der Waals surface area (Å²) in [6.07, 6.45) is 3.59. The fourth-order valence-corrected chi connectivity index (χ4v) is 4.35. The van der Waals surface area contributed by atoms with Gasteiger partial charge in [0, 0.05) is 24.1 Å². The Morgan fingerprint density at radius 1 is 1.04 bits per heavy atom. The van der Waals surface area contributed by atoms with Gasteiger partial charge in [-0.3, -0.25) is 4.90 Å². The van der Waals surface area contributed by atoms with Gasteiger partial charge < -0.3 is 14.2 Å². The van der Waals surface area contributed by atoms with E-state index in [4.69, 9.17) is 14.2 Å². The average molecular weight is 382 g/mol. The van der Waals surface area contributed by atoms with Crippen LogP contribution in [0.2, 0.25) is 0 Å². The molecule has 0 aliphatic carbocycles. The Morgan fingerprint density at radius 2 is 1.75 bits per heavy atom. The average Bonchev–Trinajstić information content (AvgIpc) is 3.20. The van der Waals surface area contributed by atoms with E-state index in [1.54, 1.807) is 7.11 Å². The Kier molecular flexibility index (Phi) is 5.49. The van der Waals surface area contributed by atoms with Crippen LogP contribution in [0.5, 0.6) is 17.2 Å².